The first kappa shape index (κ1) is 15.3. The van der Waals surface area contributed by atoms with Crippen molar-refractivity contribution in [2.45, 2.75) is 44.1 Å². The molecule has 0 amide bonds. The minimum atomic E-state index is -0.710. The predicted molar refractivity (Wildman–Crippen MR) is 88.3 cm³/mol. The minimum absolute atomic E-state index is 0.604. The molecule has 4 heteroatoms. The topological polar surface area (TPSA) is 43.8 Å². The Hall–Kier alpha value is -1.55. The number of benzene rings is 1. The third-order valence-corrected chi connectivity index (χ3v) is 5.20. The average Bonchev–Trinajstić information content (AvgIpc) is 2.85. The summed E-state index contributed by atoms with van der Waals surface area (Å²) in [6.07, 6.45) is 6.42. The van der Waals surface area contributed by atoms with Gasteiger partial charge in [-0.05, 0) is 50.9 Å². The van der Waals surface area contributed by atoms with Crippen LogP contribution in [0.1, 0.15) is 38.5 Å². The Kier molecular flexibility index (Phi) is 4.67. The molecule has 0 aliphatic carbocycles. The average molecular weight is 302 g/mol. The van der Waals surface area contributed by atoms with E-state index < -0.39 is 11.5 Å². The quantitative estimate of drug-likeness (QED) is 0.932. The second-order valence-corrected chi connectivity index (χ2v) is 6.60. The monoisotopic (exact) mass is 302 g/mol. The van der Waals surface area contributed by atoms with Crippen molar-refractivity contribution in [3.8, 4) is 0 Å². The molecule has 0 bridgehead atoms. The van der Waals surface area contributed by atoms with Crippen molar-refractivity contribution in [2.75, 3.05) is 31.1 Å². The van der Waals surface area contributed by atoms with Gasteiger partial charge in [-0.3, -0.25) is 9.69 Å². The van der Waals surface area contributed by atoms with Crippen LogP contribution in [-0.4, -0.2) is 47.7 Å². The van der Waals surface area contributed by atoms with Crippen molar-refractivity contribution >= 4 is 11.7 Å². The number of carbonyl (C=O) groups is 1. The van der Waals surface area contributed by atoms with Crippen LogP contribution in [0.15, 0.2) is 30.3 Å². The fourth-order valence-corrected chi connectivity index (χ4v) is 3.96. The van der Waals surface area contributed by atoms with Crippen LogP contribution in [0.2, 0.25) is 0 Å². The molecule has 0 spiro atoms. The molecule has 0 aromatic heterocycles. The van der Waals surface area contributed by atoms with Gasteiger partial charge in [0.2, 0.25) is 0 Å². The molecule has 1 unspecified atom stereocenters. The first-order valence-corrected chi connectivity index (χ1v) is 8.51. The lowest BCUT2D eigenvalue weighted by atomic mass is 9.86. The summed E-state index contributed by atoms with van der Waals surface area (Å²) in [6, 6.07) is 10.2. The van der Waals surface area contributed by atoms with Crippen molar-refractivity contribution in [1.82, 2.24) is 4.90 Å². The van der Waals surface area contributed by atoms with Gasteiger partial charge in [-0.1, -0.05) is 31.0 Å². The number of para-hydroxylation sites is 1. The Balaban J connectivity index is 1.84. The summed E-state index contributed by atoms with van der Waals surface area (Å²) in [4.78, 5) is 16.7. The summed E-state index contributed by atoms with van der Waals surface area (Å²) in [7, 11) is 0. The zero-order chi connectivity index (χ0) is 15.4. The molecule has 120 valence electrons. The van der Waals surface area contributed by atoms with Gasteiger partial charge in [0.1, 0.15) is 5.54 Å². The third kappa shape index (κ3) is 2.98. The number of rotatable bonds is 3. The van der Waals surface area contributed by atoms with Gasteiger partial charge in [0, 0.05) is 18.8 Å². The highest BCUT2D eigenvalue weighted by Gasteiger charge is 2.47. The SMILES string of the molecule is O=C(O)C1(N2CCCCCC2)CCCN(c2ccccc2)C1. The van der Waals surface area contributed by atoms with Crippen molar-refractivity contribution in [3.63, 3.8) is 0 Å². The van der Waals surface area contributed by atoms with E-state index in [4.69, 9.17) is 0 Å². The van der Waals surface area contributed by atoms with Crippen molar-refractivity contribution in [3.05, 3.63) is 30.3 Å². The summed E-state index contributed by atoms with van der Waals surface area (Å²) in [5.74, 6) is -0.643. The van der Waals surface area contributed by atoms with Crippen LogP contribution in [0.4, 0.5) is 5.69 Å². The van der Waals surface area contributed by atoms with Gasteiger partial charge in [0.05, 0.1) is 0 Å². The number of piperidine rings is 1. The highest BCUT2D eigenvalue weighted by Crippen LogP contribution is 2.32. The predicted octanol–water partition coefficient (Wildman–Crippen LogP) is 2.99. The van der Waals surface area contributed by atoms with Crippen LogP contribution in [0.5, 0.6) is 0 Å². The molecule has 2 fully saturated rings. The van der Waals surface area contributed by atoms with Gasteiger partial charge in [-0.2, -0.15) is 0 Å². The van der Waals surface area contributed by atoms with Gasteiger partial charge in [0.15, 0.2) is 0 Å². The number of carboxylic acids is 1. The van der Waals surface area contributed by atoms with Gasteiger partial charge in [-0.15, -0.1) is 0 Å². The number of carboxylic acid groups (broad SMARTS) is 1. The van der Waals surface area contributed by atoms with E-state index >= 15 is 0 Å². The third-order valence-electron chi connectivity index (χ3n) is 5.20. The molecule has 3 rings (SSSR count). The van der Waals surface area contributed by atoms with Gasteiger partial charge >= 0.3 is 5.97 Å². The molecule has 2 heterocycles. The zero-order valence-electron chi connectivity index (χ0n) is 13.2. The molecule has 1 N–H and O–H groups in total. The molecule has 2 aliphatic heterocycles. The molecule has 1 atom stereocenters. The summed E-state index contributed by atoms with van der Waals surface area (Å²) in [6.45, 7) is 3.41. The Labute approximate surface area is 132 Å². The van der Waals surface area contributed by atoms with E-state index in [1.807, 2.05) is 18.2 Å². The number of anilines is 1. The lowest BCUT2D eigenvalue weighted by molar-refractivity contribution is -0.152. The summed E-state index contributed by atoms with van der Waals surface area (Å²) in [5, 5.41) is 10.0. The van der Waals surface area contributed by atoms with E-state index in [1.165, 1.54) is 12.8 Å². The summed E-state index contributed by atoms with van der Waals surface area (Å²) < 4.78 is 0. The van der Waals surface area contributed by atoms with Crippen molar-refractivity contribution in [2.24, 2.45) is 0 Å². The standard InChI is InChI=1S/C18H26N2O2/c21-17(22)18(20-13-6-1-2-7-14-20)11-8-12-19(15-18)16-9-4-3-5-10-16/h3-5,9-10H,1-2,6-8,11-15H2,(H,21,22). The van der Waals surface area contributed by atoms with E-state index in [0.29, 0.717) is 6.54 Å². The van der Waals surface area contributed by atoms with Gasteiger partial charge in [-0.25, -0.2) is 0 Å². The normalized spacial score (nSPS) is 27.4. The summed E-state index contributed by atoms with van der Waals surface area (Å²) >= 11 is 0. The van der Waals surface area contributed by atoms with Gasteiger partial charge < -0.3 is 10.0 Å². The van der Waals surface area contributed by atoms with E-state index in [2.05, 4.69) is 21.9 Å². The van der Waals surface area contributed by atoms with Crippen LogP contribution < -0.4 is 4.90 Å². The molecule has 0 saturated carbocycles. The largest absolute Gasteiger partial charge is 0.480 e. The number of aliphatic carboxylic acids is 1. The number of hydrogen-bond donors (Lipinski definition) is 1. The Morgan fingerprint density at radius 3 is 2.27 bits per heavy atom. The molecular weight excluding hydrogens is 276 g/mol. The van der Waals surface area contributed by atoms with Crippen molar-refractivity contribution < 1.29 is 9.90 Å². The van der Waals surface area contributed by atoms with Gasteiger partial charge in [0.25, 0.3) is 0 Å². The molecular formula is C18H26N2O2. The first-order valence-electron chi connectivity index (χ1n) is 8.51. The van der Waals surface area contributed by atoms with Crippen LogP contribution >= 0.6 is 0 Å². The highest BCUT2D eigenvalue weighted by molar-refractivity contribution is 5.80. The Morgan fingerprint density at radius 1 is 0.955 bits per heavy atom. The lowest BCUT2D eigenvalue weighted by Gasteiger charge is -2.47. The van der Waals surface area contributed by atoms with E-state index in [9.17, 15) is 9.90 Å². The molecule has 4 nitrogen and oxygen atoms in total. The lowest BCUT2D eigenvalue weighted by Crippen LogP contribution is -2.63. The van der Waals surface area contributed by atoms with Crippen LogP contribution in [0.25, 0.3) is 0 Å². The van der Waals surface area contributed by atoms with E-state index in [-0.39, 0.29) is 0 Å². The zero-order valence-corrected chi connectivity index (χ0v) is 13.2. The molecule has 1 aromatic carbocycles. The Bertz CT molecular complexity index is 497. The van der Waals surface area contributed by atoms with E-state index in [1.54, 1.807) is 0 Å². The maximum atomic E-state index is 12.2. The fourth-order valence-electron chi connectivity index (χ4n) is 3.96. The summed E-state index contributed by atoms with van der Waals surface area (Å²) in [5.41, 5.74) is 0.431. The number of likely N-dealkylation sites (tertiary alicyclic amines) is 1. The molecule has 22 heavy (non-hydrogen) atoms. The molecule has 2 saturated heterocycles. The maximum Gasteiger partial charge on any atom is 0.325 e. The molecule has 2 aliphatic rings. The minimum Gasteiger partial charge on any atom is -0.480 e. The van der Waals surface area contributed by atoms with Crippen LogP contribution in [0.3, 0.4) is 0 Å². The number of nitrogens with zero attached hydrogens (tertiary/aromatic N) is 2. The Morgan fingerprint density at radius 2 is 1.64 bits per heavy atom. The number of hydrogen-bond acceptors (Lipinski definition) is 3. The fraction of sp³-hybridized carbons (Fsp3) is 0.611. The highest BCUT2D eigenvalue weighted by atomic mass is 16.4. The molecule has 1 aromatic rings. The van der Waals surface area contributed by atoms with Crippen molar-refractivity contribution in [1.29, 1.82) is 0 Å². The second-order valence-electron chi connectivity index (χ2n) is 6.60. The van der Waals surface area contributed by atoms with Crippen LogP contribution in [0, 0.1) is 0 Å². The van der Waals surface area contributed by atoms with Crippen LogP contribution in [-0.2, 0) is 4.79 Å². The second kappa shape index (κ2) is 6.69. The van der Waals surface area contributed by atoms with E-state index in [0.717, 1.165) is 51.0 Å². The molecule has 0 radical (unpaired) electrons. The first-order chi connectivity index (χ1) is 10.7. The maximum absolute atomic E-state index is 12.2. The smallest absolute Gasteiger partial charge is 0.325 e.